The van der Waals surface area contributed by atoms with Crippen molar-refractivity contribution in [1.82, 2.24) is 0 Å². The number of nitrogens with zero attached hydrogens (tertiary/aromatic N) is 1. The Morgan fingerprint density at radius 2 is 2.00 bits per heavy atom. The van der Waals surface area contributed by atoms with Crippen LogP contribution in [-0.2, 0) is 0 Å². The van der Waals surface area contributed by atoms with Crippen molar-refractivity contribution < 1.29 is 8.78 Å². The van der Waals surface area contributed by atoms with Gasteiger partial charge in [0, 0.05) is 5.56 Å². The summed E-state index contributed by atoms with van der Waals surface area (Å²) in [6.45, 7) is 10.3. The standard InChI is InChI=1S/C12H13F2N/c1-5-8-11(14)9(7(2)3)6-10(13)12(8)15-4/h5-7H,1,4H2,2-3H3. The van der Waals surface area contributed by atoms with E-state index in [1.54, 1.807) is 13.8 Å². The number of hydrogen-bond donors (Lipinski definition) is 0. The van der Waals surface area contributed by atoms with E-state index in [1.807, 2.05) is 0 Å². The SMILES string of the molecule is C=Cc1c(F)c(C(C)C)cc(F)c1N=C. The zero-order chi connectivity index (χ0) is 11.6. The minimum absolute atomic E-state index is 0.0769. The number of rotatable bonds is 3. The average molecular weight is 209 g/mol. The Labute approximate surface area is 88.2 Å². The van der Waals surface area contributed by atoms with Gasteiger partial charge in [-0.15, -0.1) is 0 Å². The van der Waals surface area contributed by atoms with Crippen LogP contribution in [0.1, 0.15) is 30.9 Å². The average Bonchev–Trinajstić information content (AvgIpc) is 2.19. The predicted molar refractivity (Wildman–Crippen MR) is 59.7 cm³/mol. The van der Waals surface area contributed by atoms with Crippen molar-refractivity contribution in [2.24, 2.45) is 4.99 Å². The van der Waals surface area contributed by atoms with Gasteiger partial charge in [0.2, 0.25) is 0 Å². The Bertz CT molecular complexity index is 409. The second-order valence-electron chi connectivity index (χ2n) is 3.54. The highest BCUT2D eigenvalue weighted by molar-refractivity contribution is 5.67. The largest absolute Gasteiger partial charge is 0.261 e. The molecule has 0 aliphatic heterocycles. The first kappa shape index (κ1) is 11.6. The summed E-state index contributed by atoms with van der Waals surface area (Å²) in [6.07, 6.45) is 1.26. The quantitative estimate of drug-likeness (QED) is 0.665. The molecule has 0 unspecified atom stereocenters. The zero-order valence-electron chi connectivity index (χ0n) is 8.85. The van der Waals surface area contributed by atoms with Crippen molar-refractivity contribution in [3.8, 4) is 0 Å². The molecule has 15 heavy (non-hydrogen) atoms. The molecule has 0 aromatic heterocycles. The van der Waals surface area contributed by atoms with Crippen LogP contribution in [0.4, 0.5) is 14.5 Å². The highest BCUT2D eigenvalue weighted by atomic mass is 19.1. The summed E-state index contributed by atoms with van der Waals surface area (Å²) < 4.78 is 27.3. The van der Waals surface area contributed by atoms with Gasteiger partial charge in [0.1, 0.15) is 17.3 Å². The molecule has 1 aromatic carbocycles. The molecule has 1 nitrogen and oxygen atoms in total. The minimum Gasteiger partial charge on any atom is -0.261 e. The third kappa shape index (κ3) is 1.96. The molecule has 0 saturated carbocycles. The van der Waals surface area contributed by atoms with Crippen LogP contribution >= 0.6 is 0 Å². The fourth-order valence-electron chi connectivity index (χ4n) is 1.42. The van der Waals surface area contributed by atoms with E-state index < -0.39 is 11.6 Å². The fraction of sp³-hybridized carbons (Fsp3) is 0.250. The number of halogens is 2. The lowest BCUT2D eigenvalue weighted by atomic mass is 9.98. The Kier molecular flexibility index (Phi) is 3.35. The van der Waals surface area contributed by atoms with Gasteiger partial charge in [-0.1, -0.05) is 26.5 Å². The van der Waals surface area contributed by atoms with E-state index >= 15 is 0 Å². The smallest absolute Gasteiger partial charge is 0.149 e. The van der Waals surface area contributed by atoms with Gasteiger partial charge >= 0.3 is 0 Å². The van der Waals surface area contributed by atoms with Crippen LogP contribution in [0.5, 0.6) is 0 Å². The lowest BCUT2D eigenvalue weighted by Crippen LogP contribution is -1.98. The number of hydrogen-bond acceptors (Lipinski definition) is 1. The van der Waals surface area contributed by atoms with E-state index in [2.05, 4.69) is 18.3 Å². The second kappa shape index (κ2) is 4.34. The summed E-state index contributed by atoms with van der Waals surface area (Å²) in [5.74, 6) is -1.12. The molecule has 0 atom stereocenters. The van der Waals surface area contributed by atoms with Crippen LogP contribution in [0.2, 0.25) is 0 Å². The van der Waals surface area contributed by atoms with Crippen molar-refractivity contribution in [1.29, 1.82) is 0 Å². The first-order valence-corrected chi connectivity index (χ1v) is 4.64. The lowest BCUT2D eigenvalue weighted by Gasteiger charge is -2.12. The van der Waals surface area contributed by atoms with E-state index in [9.17, 15) is 8.78 Å². The summed E-state index contributed by atoms with van der Waals surface area (Å²) in [4.78, 5) is 3.47. The van der Waals surface area contributed by atoms with Gasteiger partial charge in [0.05, 0.1) is 0 Å². The Hall–Kier alpha value is -1.51. The molecule has 0 amide bonds. The van der Waals surface area contributed by atoms with Crippen molar-refractivity contribution >= 4 is 18.5 Å². The molecule has 3 heteroatoms. The summed E-state index contributed by atoms with van der Waals surface area (Å²) >= 11 is 0. The molecular formula is C12H13F2N. The summed E-state index contributed by atoms with van der Waals surface area (Å²) in [5.41, 5.74) is 0.329. The topological polar surface area (TPSA) is 12.4 Å². The van der Waals surface area contributed by atoms with E-state index in [4.69, 9.17) is 0 Å². The van der Waals surface area contributed by atoms with Gasteiger partial charge in [0.15, 0.2) is 0 Å². The molecule has 0 bridgehead atoms. The van der Waals surface area contributed by atoms with Gasteiger partial charge < -0.3 is 0 Å². The van der Waals surface area contributed by atoms with Gasteiger partial charge in [-0.3, -0.25) is 4.99 Å². The fourth-order valence-corrected chi connectivity index (χ4v) is 1.42. The monoisotopic (exact) mass is 209 g/mol. The molecule has 0 heterocycles. The first-order chi connectivity index (χ1) is 7.02. The molecule has 80 valence electrons. The molecular weight excluding hydrogens is 196 g/mol. The molecule has 1 rings (SSSR count). The van der Waals surface area contributed by atoms with Gasteiger partial charge in [-0.25, -0.2) is 8.78 Å². The lowest BCUT2D eigenvalue weighted by molar-refractivity contribution is 0.575. The summed E-state index contributed by atoms with van der Waals surface area (Å²) in [7, 11) is 0. The molecule has 0 N–H and O–H groups in total. The van der Waals surface area contributed by atoms with E-state index in [0.717, 1.165) is 6.07 Å². The Morgan fingerprint density at radius 1 is 1.40 bits per heavy atom. The van der Waals surface area contributed by atoms with Crippen molar-refractivity contribution in [2.75, 3.05) is 0 Å². The van der Waals surface area contributed by atoms with Crippen molar-refractivity contribution in [2.45, 2.75) is 19.8 Å². The first-order valence-electron chi connectivity index (χ1n) is 4.64. The van der Waals surface area contributed by atoms with Crippen LogP contribution < -0.4 is 0 Å². The van der Waals surface area contributed by atoms with Crippen LogP contribution in [0.25, 0.3) is 6.08 Å². The molecule has 0 fully saturated rings. The molecule has 0 spiro atoms. The van der Waals surface area contributed by atoms with Crippen LogP contribution in [0, 0.1) is 11.6 Å². The third-order valence-corrected chi connectivity index (χ3v) is 2.24. The van der Waals surface area contributed by atoms with Gasteiger partial charge in [0.25, 0.3) is 0 Å². The molecule has 0 radical (unpaired) electrons. The highest BCUT2D eigenvalue weighted by Gasteiger charge is 2.17. The van der Waals surface area contributed by atoms with Crippen molar-refractivity contribution in [3.05, 3.63) is 35.4 Å². The van der Waals surface area contributed by atoms with E-state index in [0.29, 0.717) is 5.56 Å². The Morgan fingerprint density at radius 3 is 2.40 bits per heavy atom. The molecule has 0 aliphatic carbocycles. The highest BCUT2D eigenvalue weighted by Crippen LogP contribution is 2.32. The Balaban J connectivity index is 3.58. The maximum atomic E-state index is 13.8. The van der Waals surface area contributed by atoms with Crippen LogP contribution in [0.3, 0.4) is 0 Å². The molecule has 1 aromatic rings. The molecule has 0 aliphatic rings. The van der Waals surface area contributed by atoms with Gasteiger partial charge in [-0.05, 0) is 24.3 Å². The molecule has 0 saturated heterocycles. The summed E-state index contributed by atoms with van der Waals surface area (Å²) in [6, 6.07) is 1.16. The maximum absolute atomic E-state index is 13.8. The van der Waals surface area contributed by atoms with Gasteiger partial charge in [-0.2, -0.15) is 0 Å². The van der Waals surface area contributed by atoms with Crippen LogP contribution in [0.15, 0.2) is 17.6 Å². The summed E-state index contributed by atoms with van der Waals surface area (Å²) in [5, 5.41) is 0. The third-order valence-electron chi connectivity index (χ3n) is 2.24. The maximum Gasteiger partial charge on any atom is 0.149 e. The number of benzene rings is 1. The minimum atomic E-state index is -0.565. The normalized spacial score (nSPS) is 10.5. The van der Waals surface area contributed by atoms with E-state index in [-0.39, 0.29) is 17.2 Å². The van der Waals surface area contributed by atoms with Crippen molar-refractivity contribution in [3.63, 3.8) is 0 Å². The number of aliphatic imine (C=N–C) groups is 1. The zero-order valence-corrected chi connectivity index (χ0v) is 8.85. The van der Waals surface area contributed by atoms with E-state index in [1.165, 1.54) is 6.08 Å². The predicted octanol–water partition coefficient (Wildman–Crippen LogP) is 4.06. The van der Waals surface area contributed by atoms with Crippen LogP contribution in [-0.4, -0.2) is 6.72 Å². The second-order valence-corrected chi connectivity index (χ2v) is 3.54.